The van der Waals surface area contributed by atoms with Crippen LogP contribution in [0, 0.1) is 20.8 Å². The number of nitrogens with two attached hydrogens (primary N) is 1. The molecule has 1 aromatic heterocycles. The lowest BCUT2D eigenvalue weighted by atomic mass is 9.98. The second-order valence-electron chi connectivity index (χ2n) is 3.95. The lowest BCUT2D eigenvalue weighted by Gasteiger charge is -2.08. The number of nitrogen functional groups attached to an aromatic ring is 1. The number of nitrogens with one attached hydrogen (secondary N) is 1. The van der Waals surface area contributed by atoms with Crippen LogP contribution in [0.2, 0.25) is 0 Å². The van der Waals surface area contributed by atoms with Gasteiger partial charge in [0.1, 0.15) is 0 Å². The maximum atomic E-state index is 5.84. The molecule has 78 valence electrons. The van der Waals surface area contributed by atoms with E-state index in [4.69, 9.17) is 5.73 Å². The van der Waals surface area contributed by atoms with Gasteiger partial charge in [0.15, 0.2) is 0 Å². The summed E-state index contributed by atoms with van der Waals surface area (Å²) in [6, 6.07) is 4.32. The number of hydrogen-bond acceptors (Lipinski definition) is 2. The van der Waals surface area contributed by atoms with Crippen LogP contribution in [0.3, 0.4) is 0 Å². The summed E-state index contributed by atoms with van der Waals surface area (Å²) in [6.45, 7) is 6.30. The zero-order chi connectivity index (χ0) is 11.0. The van der Waals surface area contributed by atoms with Gasteiger partial charge in [0.25, 0.3) is 0 Å². The van der Waals surface area contributed by atoms with Crippen LogP contribution in [0.15, 0.2) is 18.3 Å². The van der Waals surface area contributed by atoms with Crippen molar-refractivity contribution in [2.75, 3.05) is 5.73 Å². The van der Waals surface area contributed by atoms with Gasteiger partial charge in [-0.25, -0.2) is 0 Å². The third-order valence-electron chi connectivity index (χ3n) is 2.78. The van der Waals surface area contributed by atoms with Crippen LogP contribution in [0.4, 0.5) is 5.69 Å². The minimum absolute atomic E-state index is 0.696. The molecule has 1 aromatic carbocycles. The Kier molecular flexibility index (Phi) is 2.23. The van der Waals surface area contributed by atoms with Gasteiger partial charge in [0.2, 0.25) is 0 Å². The van der Waals surface area contributed by atoms with E-state index >= 15 is 0 Å². The van der Waals surface area contributed by atoms with Crippen molar-refractivity contribution in [3.8, 4) is 11.3 Å². The summed E-state index contributed by atoms with van der Waals surface area (Å²) < 4.78 is 0. The van der Waals surface area contributed by atoms with Crippen LogP contribution in [0.5, 0.6) is 0 Å². The van der Waals surface area contributed by atoms with Crippen LogP contribution >= 0.6 is 0 Å². The van der Waals surface area contributed by atoms with E-state index < -0.39 is 0 Å². The molecule has 0 unspecified atom stereocenters. The zero-order valence-electron chi connectivity index (χ0n) is 9.26. The number of nitrogens with zero attached hydrogens (tertiary/aromatic N) is 1. The smallest absolute Gasteiger partial charge is 0.0882 e. The van der Waals surface area contributed by atoms with Gasteiger partial charge in [-0.2, -0.15) is 5.10 Å². The first-order valence-electron chi connectivity index (χ1n) is 4.96. The van der Waals surface area contributed by atoms with Gasteiger partial charge in [0.05, 0.1) is 17.6 Å². The maximum absolute atomic E-state index is 5.84. The van der Waals surface area contributed by atoms with E-state index in [9.17, 15) is 0 Å². The van der Waals surface area contributed by atoms with Crippen molar-refractivity contribution < 1.29 is 0 Å². The molecule has 0 atom stereocenters. The van der Waals surface area contributed by atoms with Crippen LogP contribution in [0.25, 0.3) is 11.3 Å². The van der Waals surface area contributed by atoms with Crippen LogP contribution < -0.4 is 5.73 Å². The lowest BCUT2D eigenvalue weighted by Crippen LogP contribution is -1.92. The number of hydrogen-bond donors (Lipinski definition) is 2. The molecule has 3 heteroatoms. The molecule has 3 nitrogen and oxygen atoms in total. The normalized spacial score (nSPS) is 10.6. The minimum Gasteiger partial charge on any atom is -0.396 e. The first-order chi connectivity index (χ1) is 7.09. The fourth-order valence-corrected chi connectivity index (χ4v) is 1.74. The minimum atomic E-state index is 0.696. The molecule has 0 bridgehead atoms. The summed E-state index contributed by atoms with van der Waals surface area (Å²) in [5.41, 5.74) is 12.4. The molecule has 2 aromatic rings. The SMILES string of the molecule is Cc1cc(C)c(-c2[nH]ncc2N)cc1C. The van der Waals surface area contributed by atoms with Gasteiger partial charge in [-0.1, -0.05) is 6.07 Å². The third kappa shape index (κ3) is 1.61. The largest absolute Gasteiger partial charge is 0.396 e. The number of aromatic amines is 1. The first kappa shape index (κ1) is 9.77. The average Bonchev–Trinajstić information content (AvgIpc) is 2.58. The fourth-order valence-electron chi connectivity index (χ4n) is 1.74. The van der Waals surface area contributed by atoms with Crippen molar-refractivity contribution in [2.24, 2.45) is 0 Å². The second-order valence-corrected chi connectivity index (χ2v) is 3.95. The van der Waals surface area contributed by atoms with Crippen LogP contribution in [-0.2, 0) is 0 Å². The van der Waals surface area contributed by atoms with Crippen LogP contribution in [0.1, 0.15) is 16.7 Å². The summed E-state index contributed by atoms with van der Waals surface area (Å²) >= 11 is 0. The van der Waals surface area contributed by atoms with Crippen molar-refractivity contribution in [1.82, 2.24) is 10.2 Å². The second kappa shape index (κ2) is 3.42. The van der Waals surface area contributed by atoms with E-state index in [1.54, 1.807) is 6.20 Å². The molecule has 0 saturated carbocycles. The first-order valence-corrected chi connectivity index (χ1v) is 4.96. The average molecular weight is 201 g/mol. The molecule has 0 amide bonds. The summed E-state index contributed by atoms with van der Waals surface area (Å²) in [5.74, 6) is 0. The van der Waals surface area contributed by atoms with Crippen molar-refractivity contribution >= 4 is 5.69 Å². The maximum Gasteiger partial charge on any atom is 0.0882 e. The quantitative estimate of drug-likeness (QED) is 0.745. The molecule has 0 aliphatic heterocycles. The summed E-state index contributed by atoms with van der Waals surface area (Å²) in [6.07, 6.45) is 1.64. The molecule has 0 radical (unpaired) electrons. The van der Waals surface area contributed by atoms with E-state index in [0.717, 1.165) is 11.3 Å². The van der Waals surface area contributed by atoms with Gasteiger partial charge < -0.3 is 5.73 Å². The Morgan fingerprint density at radius 1 is 1.07 bits per heavy atom. The van der Waals surface area contributed by atoms with Gasteiger partial charge in [-0.15, -0.1) is 0 Å². The third-order valence-corrected chi connectivity index (χ3v) is 2.78. The lowest BCUT2D eigenvalue weighted by molar-refractivity contribution is 1.09. The van der Waals surface area contributed by atoms with Gasteiger partial charge in [-0.3, -0.25) is 5.10 Å². The van der Waals surface area contributed by atoms with Gasteiger partial charge >= 0.3 is 0 Å². The molecule has 0 aliphatic rings. The predicted molar refractivity (Wildman–Crippen MR) is 62.6 cm³/mol. The van der Waals surface area contributed by atoms with E-state index in [0.29, 0.717) is 5.69 Å². The highest BCUT2D eigenvalue weighted by Crippen LogP contribution is 2.28. The van der Waals surface area contributed by atoms with Gasteiger partial charge in [-0.05, 0) is 43.5 Å². The van der Waals surface area contributed by atoms with Crippen LogP contribution in [-0.4, -0.2) is 10.2 Å². The number of benzene rings is 1. The standard InChI is InChI=1S/C12H15N3/c1-7-4-9(3)10(5-8(7)2)12-11(13)6-14-15-12/h4-6H,13H2,1-3H3,(H,14,15). The fraction of sp³-hybridized carbons (Fsp3) is 0.250. The Balaban J connectivity index is 2.64. The molecule has 3 N–H and O–H groups in total. The number of rotatable bonds is 1. The molecular formula is C12H15N3. The number of H-pyrrole nitrogens is 1. The summed E-state index contributed by atoms with van der Waals surface area (Å²) in [5, 5.41) is 6.88. The topological polar surface area (TPSA) is 54.7 Å². The Bertz CT molecular complexity index is 498. The highest BCUT2D eigenvalue weighted by molar-refractivity contribution is 5.75. The monoisotopic (exact) mass is 201 g/mol. The van der Waals surface area contributed by atoms with E-state index in [-0.39, 0.29) is 0 Å². The number of anilines is 1. The van der Waals surface area contributed by atoms with E-state index in [1.807, 2.05) is 0 Å². The van der Waals surface area contributed by atoms with Crippen molar-refractivity contribution in [2.45, 2.75) is 20.8 Å². The summed E-state index contributed by atoms with van der Waals surface area (Å²) in [4.78, 5) is 0. The molecule has 2 rings (SSSR count). The Morgan fingerprint density at radius 2 is 1.73 bits per heavy atom. The molecule has 0 fully saturated rings. The van der Waals surface area contributed by atoms with Crippen molar-refractivity contribution in [3.63, 3.8) is 0 Å². The molecule has 0 spiro atoms. The molecule has 15 heavy (non-hydrogen) atoms. The Hall–Kier alpha value is -1.77. The highest BCUT2D eigenvalue weighted by Gasteiger charge is 2.08. The molecule has 0 aliphatic carbocycles. The van der Waals surface area contributed by atoms with Crippen molar-refractivity contribution in [1.29, 1.82) is 0 Å². The molecule has 0 saturated heterocycles. The Labute approximate surface area is 89.3 Å². The number of aromatic nitrogens is 2. The Morgan fingerprint density at radius 3 is 2.33 bits per heavy atom. The van der Waals surface area contributed by atoms with E-state index in [2.05, 4.69) is 43.1 Å². The summed E-state index contributed by atoms with van der Waals surface area (Å²) in [7, 11) is 0. The van der Waals surface area contributed by atoms with Crippen molar-refractivity contribution in [3.05, 3.63) is 35.0 Å². The number of aryl methyl sites for hydroxylation is 3. The molecule has 1 heterocycles. The zero-order valence-corrected chi connectivity index (χ0v) is 9.26. The highest BCUT2D eigenvalue weighted by atomic mass is 15.1. The predicted octanol–water partition coefficient (Wildman–Crippen LogP) is 2.58. The molecular weight excluding hydrogens is 186 g/mol. The van der Waals surface area contributed by atoms with E-state index in [1.165, 1.54) is 16.7 Å². The van der Waals surface area contributed by atoms with Gasteiger partial charge in [0, 0.05) is 5.56 Å².